The third-order valence-corrected chi connectivity index (χ3v) is 4.89. The van der Waals surface area contributed by atoms with Crippen molar-refractivity contribution in [2.24, 2.45) is 0 Å². The number of fused-ring (bicyclic) bond motifs is 1. The second-order valence-corrected chi connectivity index (χ2v) is 6.73. The summed E-state index contributed by atoms with van der Waals surface area (Å²) in [4.78, 5) is 23.9. The molecule has 1 saturated heterocycles. The standard InChI is InChI=1S/C21H24N4O4/c1-3-28-16-7-5-4-6-15(16)12-22-20(26)17-14(2)29-21-18(17)19(23-13-24-21)25-8-10-27-11-9-25/h4-7,13H,3,8-12H2,1-2H3,(H,22,26). The number of para-hydroxylation sites is 1. The number of aryl methyl sites for hydroxylation is 1. The molecule has 1 amide bonds. The number of carbonyl (C=O) groups is 1. The lowest BCUT2D eigenvalue weighted by molar-refractivity contribution is 0.0950. The van der Waals surface area contributed by atoms with Crippen LogP contribution >= 0.6 is 0 Å². The molecule has 0 saturated carbocycles. The summed E-state index contributed by atoms with van der Waals surface area (Å²) in [6, 6.07) is 7.67. The van der Waals surface area contributed by atoms with Crippen LogP contribution in [0.1, 0.15) is 28.6 Å². The second-order valence-electron chi connectivity index (χ2n) is 6.73. The van der Waals surface area contributed by atoms with E-state index in [1.807, 2.05) is 31.2 Å². The van der Waals surface area contributed by atoms with E-state index in [1.54, 1.807) is 6.92 Å². The Hall–Kier alpha value is -3.13. The molecule has 8 heteroatoms. The van der Waals surface area contributed by atoms with E-state index in [1.165, 1.54) is 6.33 Å². The normalized spacial score (nSPS) is 14.2. The van der Waals surface area contributed by atoms with Crippen LogP contribution in [0.3, 0.4) is 0 Å². The molecule has 8 nitrogen and oxygen atoms in total. The van der Waals surface area contributed by atoms with Crippen molar-refractivity contribution >= 4 is 22.8 Å². The van der Waals surface area contributed by atoms with Crippen molar-refractivity contribution in [3.05, 3.63) is 47.5 Å². The van der Waals surface area contributed by atoms with Crippen molar-refractivity contribution in [1.29, 1.82) is 0 Å². The van der Waals surface area contributed by atoms with E-state index in [9.17, 15) is 4.79 Å². The molecule has 0 aliphatic carbocycles. The van der Waals surface area contributed by atoms with Gasteiger partial charge in [-0.1, -0.05) is 18.2 Å². The maximum Gasteiger partial charge on any atom is 0.255 e. The number of anilines is 1. The average Bonchev–Trinajstić information content (AvgIpc) is 3.09. The predicted molar refractivity (Wildman–Crippen MR) is 108 cm³/mol. The number of ether oxygens (including phenoxy) is 2. The van der Waals surface area contributed by atoms with Crippen LogP contribution < -0.4 is 15.0 Å². The highest BCUT2D eigenvalue weighted by atomic mass is 16.5. The Morgan fingerprint density at radius 1 is 1.24 bits per heavy atom. The molecular weight excluding hydrogens is 372 g/mol. The van der Waals surface area contributed by atoms with Gasteiger partial charge in [-0.2, -0.15) is 0 Å². The van der Waals surface area contributed by atoms with E-state index in [4.69, 9.17) is 13.9 Å². The lowest BCUT2D eigenvalue weighted by Gasteiger charge is -2.28. The Bertz CT molecular complexity index is 1010. The van der Waals surface area contributed by atoms with E-state index >= 15 is 0 Å². The van der Waals surface area contributed by atoms with E-state index < -0.39 is 0 Å². The number of carbonyl (C=O) groups excluding carboxylic acids is 1. The number of amides is 1. The minimum atomic E-state index is -0.225. The van der Waals surface area contributed by atoms with Gasteiger partial charge in [0, 0.05) is 25.2 Å². The molecule has 3 heterocycles. The molecule has 0 bridgehead atoms. The quantitative estimate of drug-likeness (QED) is 0.685. The highest BCUT2D eigenvalue weighted by molar-refractivity contribution is 6.10. The van der Waals surface area contributed by atoms with Crippen LogP contribution in [0.2, 0.25) is 0 Å². The number of benzene rings is 1. The summed E-state index contributed by atoms with van der Waals surface area (Å²) in [7, 11) is 0. The second kappa shape index (κ2) is 8.48. The van der Waals surface area contributed by atoms with Gasteiger partial charge in [0.1, 0.15) is 23.7 Å². The molecule has 1 aromatic carbocycles. The predicted octanol–water partition coefficient (Wildman–Crippen LogP) is 2.70. The topological polar surface area (TPSA) is 89.7 Å². The minimum absolute atomic E-state index is 0.225. The third-order valence-electron chi connectivity index (χ3n) is 4.89. The maximum absolute atomic E-state index is 13.1. The van der Waals surface area contributed by atoms with Crippen LogP contribution in [-0.2, 0) is 11.3 Å². The molecule has 1 N–H and O–H groups in total. The van der Waals surface area contributed by atoms with Gasteiger partial charge < -0.3 is 24.1 Å². The largest absolute Gasteiger partial charge is 0.494 e. The summed E-state index contributed by atoms with van der Waals surface area (Å²) in [6.07, 6.45) is 1.47. The first-order valence-electron chi connectivity index (χ1n) is 9.74. The van der Waals surface area contributed by atoms with Crippen molar-refractivity contribution in [2.45, 2.75) is 20.4 Å². The van der Waals surface area contributed by atoms with Crippen LogP contribution in [-0.4, -0.2) is 48.8 Å². The summed E-state index contributed by atoms with van der Waals surface area (Å²) < 4.78 is 16.9. The van der Waals surface area contributed by atoms with Crippen molar-refractivity contribution in [3.8, 4) is 5.75 Å². The van der Waals surface area contributed by atoms with Crippen molar-refractivity contribution in [2.75, 3.05) is 37.8 Å². The molecule has 29 heavy (non-hydrogen) atoms. The SMILES string of the molecule is CCOc1ccccc1CNC(=O)c1c(C)oc2ncnc(N3CCOCC3)c12. The Labute approximate surface area is 168 Å². The Kier molecular flexibility index (Phi) is 5.62. The Morgan fingerprint density at radius 3 is 2.83 bits per heavy atom. The Balaban J connectivity index is 1.63. The van der Waals surface area contributed by atoms with Gasteiger partial charge in [-0.15, -0.1) is 0 Å². The summed E-state index contributed by atoms with van der Waals surface area (Å²) in [5, 5.41) is 3.63. The monoisotopic (exact) mass is 396 g/mol. The first kappa shape index (κ1) is 19.2. The van der Waals surface area contributed by atoms with Gasteiger partial charge in [0.2, 0.25) is 5.71 Å². The number of aromatic nitrogens is 2. The van der Waals surface area contributed by atoms with Crippen molar-refractivity contribution < 1.29 is 18.7 Å². The van der Waals surface area contributed by atoms with Gasteiger partial charge in [-0.25, -0.2) is 9.97 Å². The molecule has 0 radical (unpaired) electrons. The number of nitrogens with zero attached hydrogens (tertiary/aromatic N) is 3. The minimum Gasteiger partial charge on any atom is -0.494 e. The molecule has 0 spiro atoms. The van der Waals surface area contributed by atoms with Gasteiger partial charge in [0.15, 0.2) is 0 Å². The van der Waals surface area contributed by atoms with Crippen molar-refractivity contribution in [3.63, 3.8) is 0 Å². The molecule has 2 aromatic heterocycles. The zero-order valence-electron chi connectivity index (χ0n) is 16.6. The van der Waals surface area contributed by atoms with Crippen LogP contribution in [0, 0.1) is 6.92 Å². The molecular formula is C21H24N4O4. The average molecular weight is 396 g/mol. The lowest BCUT2D eigenvalue weighted by Crippen LogP contribution is -2.37. The van der Waals surface area contributed by atoms with Crippen LogP contribution in [0.15, 0.2) is 35.0 Å². The van der Waals surface area contributed by atoms with E-state index in [0.29, 0.717) is 67.7 Å². The number of hydrogen-bond acceptors (Lipinski definition) is 7. The third kappa shape index (κ3) is 3.88. The fourth-order valence-electron chi connectivity index (χ4n) is 3.53. The van der Waals surface area contributed by atoms with Gasteiger partial charge in [0.05, 0.1) is 30.8 Å². The molecule has 0 unspecified atom stereocenters. The summed E-state index contributed by atoms with van der Waals surface area (Å²) >= 11 is 0. The molecule has 1 fully saturated rings. The first-order valence-corrected chi connectivity index (χ1v) is 9.74. The van der Waals surface area contributed by atoms with Crippen molar-refractivity contribution in [1.82, 2.24) is 15.3 Å². The molecule has 152 valence electrons. The maximum atomic E-state index is 13.1. The molecule has 1 aliphatic heterocycles. The van der Waals surface area contributed by atoms with Gasteiger partial charge in [-0.3, -0.25) is 4.79 Å². The number of rotatable bonds is 6. The van der Waals surface area contributed by atoms with Crippen LogP contribution in [0.25, 0.3) is 11.1 Å². The number of hydrogen-bond donors (Lipinski definition) is 1. The fourth-order valence-corrected chi connectivity index (χ4v) is 3.53. The zero-order valence-corrected chi connectivity index (χ0v) is 16.6. The summed E-state index contributed by atoms with van der Waals surface area (Å²) in [5.74, 6) is 1.76. The van der Waals surface area contributed by atoms with Gasteiger partial charge in [-0.05, 0) is 19.9 Å². The first-order chi connectivity index (χ1) is 14.2. The van der Waals surface area contributed by atoms with Gasteiger partial charge in [0.25, 0.3) is 5.91 Å². The van der Waals surface area contributed by atoms with Gasteiger partial charge >= 0.3 is 0 Å². The summed E-state index contributed by atoms with van der Waals surface area (Å²) in [6.45, 7) is 7.28. The fraction of sp³-hybridized carbons (Fsp3) is 0.381. The molecule has 4 rings (SSSR count). The lowest BCUT2D eigenvalue weighted by atomic mass is 10.1. The van der Waals surface area contributed by atoms with E-state index in [2.05, 4.69) is 20.2 Å². The Morgan fingerprint density at radius 2 is 2.03 bits per heavy atom. The van der Waals surface area contributed by atoms with Crippen LogP contribution in [0.4, 0.5) is 5.82 Å². The number of nitrogens with one attached hydrogen (secondary N) is 1. The zero-order chi connectivity index (χ0) is 20.2. The molecule has 0 atom stereocenters. The van der Waals surface area contributed by atoms with E-state index in [-0.39, 0.29) is 5.91 Å². The smallest absolute Gasteiger partial charge is 0.255 e. The number of furan rings is 1. The van der Waals surface area contributed by atoms with Crippen LogP contribution in [0.5, 0.6) is 5.75 Å². The molecule has 3 aromatic rings. The number of morpholine rings is 1. The van der Waals surface area contributed by atoms with E-state index in [0.717, 1.165) is 11.3 Å². The highest BCUT2D eigenvalue weighted by Gasteiger charge is 2.26. The highest BCUT2D eigenvalue weighted by Crippen LogP contribution is 2.31. The molecule has 1 aliphatic rings. The summed E-state index contributed by atoms with van der Waals surface area (Å²) in [5.41, 5.74) is 1.80.